The van der Waals surface area contributed by atoms with Crippen molar-refractivity contribution in [1.82, 2.24) is 0 Å². The topological polar surface area (TPSA) is 89.7 Å². The summed E-state index contributed by atoms with van der Waals surface area (Å²) in [4.78, 5) is 22.5. The second kappa shape index (κ2) is 6.67. The summed E-state index contributed by atoms with van der Waals surface area (Å²) in [6.07, 6.45) is 0. The molecule has 2 aromatic carbocycles. The predicted molar refractivity (Wildman–Crippen MR) is 82.2 cm³/mol. The predicted octanol–water partition coefficient (Wildman–Crippen LogP) is 4.11. The number of nitro groups is 1. The minimum Gasteiger partial charge on any atom is -0.497 e. The van der Waals surface area contributed by atoms with E-state index in [0.29, 0.717) is 15.5 Å². The highest BCUT2D eigenvalue weighted by molar-refractivity contribution is 7.99. The molecular weight excluding hydrogens is 330 g/mol. The average Bonchev–Trinajstić information content (AvgIpc) is 2.49. The van der Waals surface area contributed by atoms with E-state index in [1.807, 2.05) is 0 Å². The highest BCUT2D eigenvalue weighted by atomic mass is 35.5. The summed E-state index contributed by atoms with van der Waals surface area (Å²) in [5.74, 6) is -0.745. The third-order valence-electron chi connectivity index (χ3n) is 2.75. The van der Waals surface area contributed by atoms with Gasteiger partial charge in [0.2, 0.25) is 0 Å². The molecule has 0 aliphatic heterocycles. The van der Waals surface area contributed by atoms with Gasteiger partial charge in [0.05, 0.1) is 22.5 Å². The lowest BCUT2D eigenvalue weighted by atomic mass is 10.2. The van der Waals surface area contributed by atoms with Gasteiger partial charge in [-0.05, 0) is 30.3 Å². The Bertz CT molecular complexity index is 750. The number of methoxy groups -OCH3 is 1. The molecule has 0 amide bonds. The summed E-state index contributed by atoms with van der Waals surface area (Å²) in [6.45, 7) is 0. The van der Waals surface area contributed by atoms with Crippen molar-refractivity contribution in [1.29, 1.82) is 0 Å². The van der Waals surface area contributed by atoms with Gasteiger partial charge in [-0.2, -0.15) is 0 Å². The molecule has 114 valence electrons. The summed E-state index contributed by atoms with van der Waals surface area (Å²) in [5.41, 5.74) is -0.168. The number of nitrogens with zero attached hydrogens (tertiary/aromatic N) is 1. The van der Waals surface area contributed by atoms with Crippen LogP contribution in [0.4, 0.5) is 5.69 Å². The van der Waals surface area contributed by atoms with Gasteiger partial charge in [-0.1, -0.05) is 23.4 Å². The molecular formula is C14H10ClNO5S. The number of carbonyl (C=O) groups is 1. The van der Waals surface area contributed by atoms with E-state index in [9.17, 15) is 20.0 Å². The standard InChI is InChI=1S/C14H10ClNO5S/c1-21-9-3-5-12(10(7-9)14(17)18)22-13-4-2-8(15)6-11(13)16(19)20/h2-7H,1H3,(H,17,18). The highest BCUT2D eigenvalue weighted by Gasteiger charge is 2.19. The van der Waals surface area contributed by atoms with Crippen molar-refractivity contribution >= 4 is 35.0 Å². The normalized spacial score (nSPS) is 10.3. The van der Waals surface area contributed by atoms with E-state index in [4.69, 9.17) is 16.3 Å². The van der Waals surface area contributed by atoms with Crippen LogP contribution in [0, 0.1) is 10.1 Å². The zero-order chi connectivity index (χ0) is 16.3. The lowest BCUT2D eigenvalue weighted by Gasteiger charge is -2.08. The van der Waals surface area contributed by atoms with E-state index in [-0.39, 0.29) is 16.3 Å². The highest BCUT2D eigenvalue weighted by Crippen LogP contribution is 2.38. The molecule has 0 aliphatic rings. The van der Waals surface area contributed by atoms with E-state index in [1.165, 1.54) is 31.4 Å². The van der Waals surface area contributed by atoms with Crippen molar-refractivity contribution in [3.8, 4) is 5.75 Å². The van der Waals surface area contributed by atoms with Crippen LogP contribution in [0.25, 0.3) is 0 Å². The van der Waals surface area contributed by atoms with Crippen LogP contribution >= 0.6 is 23.4 Å². The van der Waals surface area contributed by atoms with Gasteiger partial charge in [-0.25, -0.2) is 4.79 Å². The number of halogens is 1. The van der Waals surface area contributed by atoms with E-state index in [1.54, 1.807) is 12.1 Å². The van der Waals surface area contributed by atoms with Crippen LogP contribution in [0.2, 0.25) is 5.02 Å². The Morgan fingerprint density at radius 1 is 1.27 bits per heavy atom. The Morgan fingerprint density at radius 2 is 1.95 bits per heavy atom. The minimum absolute atomic E-state index is 0.00796. The van der Waals surface area contributed by atoms with Gasteiger partial charge in [0, 0.05) is 16.0 Å². The zero-order valence-electron chi connectivity index (χ0n) is 11.3. The van der Waals surface area contributed by atoms with Crippen molar-refractivity contribution in [3.63, 3.8) is 0 Å². The maximum absolute atomic E-state index is 11.3. The SMILES string of the molecule is COc1ccc(Sc2ccc(Cl)cc2[N+](=O)[O-])c(C(=O)O)c1. The molecule has 1 N–H and O–H groups in total. The average molecular weight is 340 g/mol. The summed E-state index contributed by atoms with van der Waals surface area (Å²) in [7, 11) is 1.43. The van der Waals surface area contributed by atoms with Gasteiger partial charge in [-0.15, -0.1) is 0 Å². The van der Waals surface area contributed by atoms with Crippen LogP contribution in [-0.4, -0.2) is 23.1 Å². The third-order valence-corrected chi connectivity index (χ3v) is 4.13. The largest absolute Gasteiger partial charge is 0.497 e. The molecule has 0 unspecified atom stereocenters. The first-order valence-electron chi connectivity index (χ1n) is 5.95. The van der Waals surface area contributed by atoms with Crippen molar-refractivity contribution in [3.05, 3.63) is 57.1 Å². The molecule has 0 fully saturated rings. The molecule has 0 bridgehead atoms. The van der Waals surface area contributed by atoms with E-state index in [0.717, 1.165) is 11.8 Å². The second-order valence-electron chi connectivity index (χ2n) is 4.14. The minimum atomic E-state index is -1.14. The summed E-state index contributed by atoms with van der Waals surface area (Å²) in [5, 5.41) is 20.6. The van der Waals surface area contributed by atoms with Gasteiger partial charge >= 0.3 is 5.97 Å². The van der Waals surface area contributed by atoms with E-state index >= 15 is 0 Å². The van der Waals surface area contributed by atoms with Crippen LogP contribution in [-0.2, 0) is 0 Å². The molecule has 0 atom stereocenters. The molecule has 0 heterocycles. The van der Waals surface area contributed by atoms with E-state index in [2.05, 4.69) is 0 Å². The molecule has 0 radical (unpaired) electrons. The number of nitro benzene ring substituents is 1. The first-order valence-corrected chi connectivity index (χ1v) is 7.15. The van der Waals surface area contributed by atoms with Crippen LogP contribution < -0.4 is 4.74 Å². The fourth-order valence-corrected chi connectivity index (χ4v) is 2.90. The summed E-state index contributed by atoms with van der Waals surface area (Å²) >= 11 is 6.75. The number of aromatic carboxylic acids is 1. The number of hydrogen-bond acceptors (Lipinski definition) is 5. The number of rotatable bonds is 5. The van der Waals surface area contributed by atoms with Gasteiger partial charge in [0.25, 0.3) is 5.69 Å². The Labute approximate surface area is 134 Å². The van der Waals surface area contributed by atoms with Crippen molar-refractivity contribution < 1.29 is 19.6 Å². The Balaban J connectivity index is 2.47. The molecule has 6 nitrogen and oxygen atoms in total. The molecule has 0 aromatic heterocycles. The van der Waals surface area contributed by atoms with Crippen molar-refractivity contribution in [2.45, 2.75) is 9.79 Å². The lowest BCUT2D eigenvalue weighted by Crippen LogP contribution is -2.00. The first kappa shape index (κ1) is 16.1. The van der Waals surface area contributed by atoms with E-state index < -0.39 is 10.9 Å². The molecule has 0 saturated heterocycles. The van der Waals surface area contributed by atoms with Crippen LogP contribution in [0.5, 0.6) is 5.75 Å². The fraction of sp³-hybridized carbons (Fsp3) is 0.0714. The lowest BCUT2D eigenvalue weighted by molar-refractivity contribution is -0.387. The molecule has 0 spiro atoms. The van der Waals surface area contributed by atoms with Crippen molar-refractivity contribution in [2.75, 3.05) is 7.11 Å². The second-order valence-corrected chi connectivity index (χ2v) is 5.66. The monoisotopic (exact) mass is 339 g/mol. The van der Waals surface area contributed by atoms with Gasteiger partial charge in [0.15, 0.2) is 0 Å². The number of carboxylic acid groups (broad SMARTS) is 1. The Kier molecular flexibility index (Phi) is 4.89. The maximum atomic E-state index is 11.3. The molecule has 22 heavy (non-hydrogen) atoms. The van der Waals surface area contributed by atoms with Crippen LogP contribution in [0.15, 0.2) is 46.2 Å². The summed E-state index contributed by atoms with van der Waals surface area (Å²) < 4.78 is 4.99. The molecule has 8 heteroatoms. The first-order chi connectivity index (χ1) is 10.4. The maximum Gasteiger partial charge on any atom is 0.336 e. The Hall–Kier alpha value is -2.25. The quantitative estimate of drug-likeness (QED) is 0.651. The molecule has 2 aromatic rings. The number of benzene rings is 2. The van der Waals surface area contributed by atoms with Gasteiger partial charge in [-0.3, -0.25) is 10.1 Å². The third kappa shape index (κ3) is 3.49. The van der Waals surface area contributed by atoms with Gasteiger partial charge < -0.3 is 9.84 Å². The Morgan fingerprint density at radius 3 is 2.55 bits per heavy atom. The number of hydrogen-bond donors (Lipinski definition) is 1. The molecule has 2 rings (SSSR count). The molecule has 0 aliphatic carbocycles. The molecule has 0 saturated carbocycles. The van der Waals surface area contributed by atoms with Crippen LogP contribution in [0.1, 0.15) is 10.4 Å². The smallest absolute Gasteiger partial charge is 0.336 e. The van der Waals surface area contributed by atoms with Crippen LogP contribution in [0.3, 0.4) is 0 Å². The summed E-state index contributed by atoms with van der Waals surface area (Å²) in [6, 6.07) is 8.74. The number of ether oxygens (including phenoxy) is 1. The fourth-order valence-electron chi connectivity index (χ4n) is 1.73. The number of carboxylic acids is 1. The zero-order valence-corrected chi connectivity index (χ0v) is 12.9. The van der Waals surface area contributed by atoms with Gasteiger partial charge in [0.1, 0.15) is 5.75 Å². The van der Waals surface area contributed by atoms with Crippen molar-refractivity contribution in [2.24, 2.45) is 0 Å².